The first-order chi connectivity index (χ1) is 7.74. The van der Waals surface area contributed by atoms with E-state index in [9.17, 15) is 5.11 Å². The number of benzene rings is 1. The van der Waals surface area contributed by atoms with Gasteiger partial charge >= 0.3 is 0 Å². The molecule has 0 saturated carbocycles. The van der Waals surface area contributed by atoms with Crippen molar-refractivity contribution in [2.75, 3.05) is 6.54 Å². The van der Waals surface area contributed by atoms with Crippen molar-refractivity contribution in [3.8, 4) is 5.75 Å². The lowest BCUT2D eigenvalue weighted by Crippen LogP contribution is -1.96. The number of aliphatic imine (C=N–C) groups is 1. The minimum absolute atomic E-state index is 0.194. The van der Waals surface area contributed by atoms with Crippen LogP contribution >= 0.6 is 0 Å². The van der Waals surface area contributed by atoms with Crippen LogP contribution < -0.4 is 0 Å². The van der Waals surface area contributed by atoms with Gasteiger partial charge in [0.25, 0.3) is 0 Å². The van der Waals surface area contributed by atoms with Gasteiger partial charge in [-0.05, 0) is 30.7 Å². The molecule has 1 aromatic carbocycles. The molecule has 16 heavy (non-hydrogen) atoms. The van der Waals surface area contributed by atoms with E-state index >= 15 is 0 Å². The summed E-state index contributed by atoms with van der Waals surface area (Å²) in [6.07, 6.45) is 2.01. The minimum atomic E-state index is 0.194. The average Bonchev–Trinajstić information content (AvgIpc) is 2.84. The van der Waals surface area contributed by atoms with Crippen LogP contribution in [0.25, 0.3) is 11.0 Å². The molecule has 4 nitrogen and oxygen atoms in total. The van der Waals surface area contributed by atoms with Crippen LogP contribution in [-0.4, -0.2) is 27.3 Å². The largest absolute Gasteiger partial charge is 0.506 e. The van der Waals surface area contributed by atoms with Crippen LogP contribution in [0.2, 0.25) is 0 Å². The van der Waals surface area contributed by atoms with Gasteiger partial charge in [0.05, 0.1) is 12.1 Å². The number of aromatic amines is 1. The van der Waals surface area contributed by atoms with Gasteiger partial charge in [-0.15, -0.1) is 0 Å². The zero-order valence-corrected chi connectivity index (χ0v) is 8.86. The Bertz CT molecular complexity index is 622. The van der Waals surface area contributed by atoms with Gasteiger partial charge in [0.2, 0.25) is 0 Å². The smallest absolute Gasteiger partial charge is 0.156 e. The molecule has 80 valence electrons. The Morgan fingerprint density at radius 1 is 1.38 bits per heavy atom. The minimum Gasteiger partial charge on any atom is -0.506 e. The van der Waals surface area contributed by atoms with Crippen LogP contribution in [0.15, 0.2) is 34.8 Å². The number of phenols is 1. The third-order valence-corrected chi connectivity index (χ3v) is 2.62. The first kappa shape index (κ1) is 9.15. The fourth-order valence-electron chi connectivity index (χ4n) is 1.82. The Morgan fingerprint density at radius 2 is 2.25 bits per heavy atom. The lowest BCUT2D eigenvalue weighted by atomic mass is 10.2. The topological polar surface area (TPSA) is 61.3 Å². The molecule has 0 aliphatic carbocycles. The Balaban J connectivity index is 2.16. The molecule has 0 amide bonds. The maximum absolute atomic E-state index is 9.64. The molecule has 2 heterocycles. The van der Waals surface area contributed by atoms with Crippen LogP contribution in [0.5, 0.6) is 5.75 Å². The summed E-state index contributed by atoms with van der Waals surface area (Å²) in [4.78, 5) is 11.9. The number of nitrogens with one attached hydrogen (secondary N) is 1. The number of hydrogen-bond acceptors (Lipinski definition) is 3. The fraction of sp³-hybridized carbons (Fsp3) is 0.167. The molecule has 1 aliphatic rings. The third-order valence-electron chi connectivity index (χ3n) is 2.62. The van der Waals surface area contributed by atoms with Crippen molar-refractivity contribution in [3.05, 3.63) is 35.7 Å². The van der Waals surface area contributed by atoms with Gasteiger partial charge in [0, 0.05) is 0 Å². The van der Waals surface area contributed by atoms with Gasteiger partial charge in [-0.1, -0.05) is 6.07 Å². The summed E-state index contributed by atoms with van der Waals surface area (Å²) >= 11 is 0. The van der Waals surface area contributed by atoms with Crippen LogP contribution in [0.4, 0.5) is 0 Å². The average molecular weight is 213 g/mol. The first-order valence-corrected chi connectivity index (χ1v) is 5.14. The lowest BCUT2D eigenvalue weighted by molar-refractivity contribution is 0.480. The summed E-state index contributed by atoms with van der Waals surface area (Å²) in [5.41, 5.74) is 3.50. The molecular formula is C12H11N3O. The predicted molar refractivity (Wildman–Crippen MR) is 62.9 cm³/mol. The van der Waals surface area contributed by atoms with Crippen molar-refractivity contribution in [2.45, 2.75) is 6.92 Å². The standard InChI is InChI=1S/C12H11N3O/c1-7-5-9(13-6-7)12-14-8-3-2-4-10(16)11(8)15-12/h2-5,16H,6H2,1H3,(H,14,15). The summed E-state index contributed by atoms with van der Waals surface area (Å²) in [7, 11) is 0. The molecule has 0 radical (unpaired) electrons. The van der Waals surface area contributed by atoms with E-state index in [4.69, 9.17) is 0 Å². The molecule has 0 saturated heterocycles. The molecule has 1 aromatic heterocycles. The zero-order chi connectivity index (χ0) is 11.1. The van der Waals surface area contributed by atoms with E-state index in [1.807, 2.05) is 19.1 Å². The van der Waals surface area contributed by atoms with E-state index in [1.54, 1.807) is 12.1 Å². The molecule has 4 heteroatoms. The van der Waals surface area contributed by atoms with E-state index in [1.165, 1.54) is 5.57 Å². The van der Waals surface area contributed by atoms with Gasteiger partial charge in [-0.25, -0.2) is 4.98 Å². The SMILES string of the molecule is CC1=CC(c2nc3c(O)cccc3[nH]2)=NC1. The summed E-state index contributed by atoms with van der Waals surface area (Å²) < 4.78 is 0. The Labute approximate surface area is 92.4 Å². The molecule has 0 spiro atoms. The van der Waals surface area contributed by atoms with Crippen molar-refractivity contribution in [1.82, 2.24) is 9.97 Å². The summed E-state index contributed by atoms with van der Waals surface area (Å²) in [6, 6.07) is 5.30. The maximum Gasteiger partial charge on any atom is 0.156 e. The highest BCUT2D eigenvalue weighted by molar-refractivity contribution is 6.09. The normalized spacial score (nSPS) is 15.3. The molecule has 0 unspecified atom stereocenters. The number of fused-ring (bicyclic) bond motifs is 1. The Hall–Kier alpha value is -2.10. The molecule has 0 bridgehead atoms. The summed E-state index contributed by atoms with van der Waals surface area (Å²) in [5.74, 6) is 0.910. The number of allylic oxidation sites excluding steroid dienone is 1. The van der Waals surface area contributed by atoms with Crippen molar-refractivity contribution in [1.29, 1.82) is 0 Å². The lowest BCUT2D eigenvalue weighted by Gasteiger charge is -1.89. The van der Waals surface area contributed by atoms with Gasteiger partial charge in [0.1, 0.15) is 17.0 Å². The summed E-state index contributed by atoms with van der Waals surface area (Å²) in [6.45, 7) is 2.77. The monoisotopic (exact) mass is 213 g/mol. The van der Waals surface area contributed by atoms with Crippen LogP contribution in [0.1, 0.15) is 12.7 Å². The van der Waals surface area contributed by atoms with E-state index in [2.05, 4.69) is 15.0 Å². The number of aromatic nitrogens is 2. The second-order valence-electron chi connectivity index (χ2n) is 3.95. The number of rotatable bonds is 1. The quantitative estimate of drug-likeness (QED) is 0.761. The molecule has 2 N–H and O–H groups in total. The zero-order valence-electron chi connectivity index (χ0n) is 8.86. The number of imidazole rings is 1. The molecular weight excluding hydrogens is 202 g/mol. The molecule has 3 rings (SSSR count). The van der Waals surface area contributed by atoms with E-state index in [-0.39, 0.29) is 5.75 Å². The van der Waals surface area contributed by atoms with Crippen LogP contribution in [0.3, 0.4) is 0 Å². The highest BCUT2D eigenvalue weighted by Crippen LogP contribution is 2.22. The van der Waals surface area contributed by atoms with Crippen molar-refractivity contribution >= 4 is 16.7 Å². The van der Waals surface area contributed by atoms with Crippen LogP contribution in [0, 0.1) is 0 Å². The second kappa shape index (κ2) is 3.20. The summed E-state index contributed by atoms with van der Waals surface area (Å²) in [5, 5.41) is 9.64. The molecule has 0 fully saturated rings. The number of H-pyrrole nitrogens is 1. The molecule has 0 atom stereocenters. The number of aromatic hydroxyl groups is 1. The highest BCUT2D eigenvalue weighted by Gasteiger charge is 2.12. The Morgan fingerprint density at radius 3 is 2.94 bits per heavy atom. The Kier molecular flexibility index (Phi) is 1.83. The van der Waals surface area contributed by atoms with Crippen molar-refractivity contribution in [3.63, 3.8) is 0 Å². The third kappa shape index (κ3) is 1.31. The number of nitrogens with zero attached hydrogens (tertiary/aromatic N) is 2. The highest BCUT2D eigenvalue weighted by atomic mass is 16.3. The molecule has 1 aliphatic heterocycles. The van der Waals surface area contributed by atoms with E-state index in [0.717, 1.165) is 17.8 Å². The van der Waals surface area contributed by atoms with E-state index < -0.39 is 0 Å². The number of phenolic OH excluding ortho intramolecular Hbond substituents is 1. The second-order valence-corrected chi connectivity index (χ2v) is 3.95. The van der Waals surface area contributed by atoms with Crippen LogP contribution in [-0.2, 0) is 0 Å². The van der Waals surface area contributed by atoms with Gasteiger partial charge in [-0.2, -0.15) is 0 Å². The number of para-hydroxylation sites is 1. The van der Waals surface area contributed by atoms with E-state index in [0.29, 0.717) is 11.3 Å². The van der Waals surface area contributed by atoms with Gasteiger partial charge < -0.3 is 10.1 Å². The first-order valence-electron chi connectivity index (χ1n) is 5.14. The predicted octanol–water partition coefficient (Wildman–Crippen LogP) is 2.02. The van der Waals surface area contributed by atoms with Gasteiger partial charge in [-0.3, -0.25) is 4.99 Å². The maximum atomic E-state index is 9.64. The molecule has 2 aromatic rings. The van der Waals surface area contributed by atoms with Crippen molar-refractivity contribution in [2.24, 2.45) is 4.99 Å². The van der Waals surface area contributed by atoms with Crippen molar-refractivity contribution < 1.29 is 5.11 Å². The number of hydrogen-bond donors (Lipinski definition) is 2. The van der Waals surface area contributed by atoms with Gasteiger partial charge in [0.15, 0.2) is 5.82 Å². The fourth-order valence-corrected chi connectivity index (χ4v) is 1.82.